The lowest BCUT2D eigenvalue weighted by Gasteiger charge is -2.09. The molecule has 0 atom stereocenters. The highest BCUT2D eigenvalue weighted by molar-refractivity contribution is 5.84. The first kappa shape index (κ1) is 12.3. The Labute approximate surface area is 113 Å². The van der Waals surface area contributed by atoms with Crippen molar-refractivity contribution in [3.8, 4) is 0 Å². The molecule has 0 bridgehead atoms. The summed E-state index contributed by atoms with van der Waals surface area (Å²) in [7, 11) is 0. The number of nitrogens with zero attached hydrogens (tertiary/aromatic N) is 1. The molecule has 0 amide bonds. The van der Waals surface area contributed by atoms with Gasteiger partial charge in [-0.3, -0.25) is 9.78 Å². The summed E-state index contributed by atoms with van der Waals surface area (Å²) in [6.07, 6.45) is 8.05. The Bertz CT molecular complexity index is 579. The molecular formula is C17H19NO. The van der Waals surface area contributed by atoms with Crippen molar-refractivity contribution in [1.29, 1.82) is 0 Å². The normalized spacial score (nSPS) is 16.0. The summed E-state index contributed by atoms with van der Waals surface area (Å²) in [5.74, 6) is 0.798. The van der Waals surface area contributed by atoms with Crippen LogP contribution in [0.5, 0.6) is 0 Å². The number of rotatable bonds is 4. The van der Waals surface area contributed by atoms with Gasteiger partial charge in [-0.15, -0.1) is 0 Å². The molecule has 0 saturated heterocycles. The van der Waals surface area contributed by atoms with E-state index in [1.54, 1.807) is 0 Å². The molecule has 0 spiro atoms. The summed E-state index contributed by atoms with van der Waals surface area (Å²) < 4.78 is 0. The molecule has 1 aromatic heterocycles. The van der Waals surface area contributed by atoms with E-state index in [4.69, 9.17) is 0 Å². The number of Topliss-reactive ketones (excluding diaryl/α,β-unsaturated/α-hetero) is 1. The number of hydrogen-bond donors (Lipinski definition) is 0. The number of ketones is 1. The number of fused-ring (bicyclic) bond motifs is 1. The van der Waals surface area contributed by atoms with Gasteiger partial charge in [-0.1, -0.05) is 31.0 Å². The van der Waals surface area contributed by atoms with Crippen molar-refractivity contribution in [2.45, 2.75) is 38.5 Å². The summed E-state index contributed by atoms with van der Waals surface area (Å²) in [4.78, 5) is 16.5. The number of pyridine rings is 1. The van der Waals surface area contributed by atoms with Crippen molar-refractivity contribution in [2.24, 2.45) is 5.92 Å². The van der Waals surface area contributed by atoms with Crippen molar-refractivity contribution in [2.75, 3.05) is 0 Å². The predicted octanol–water partition coefficient (Wildman–Crippen LogP) is 3.93. The molecule has 2 aromatic rings. The fourth-order valence-corrected chi connectivity index (χ4v) is 3.08. The Morgan fingerprint density at radius 3 is 2.79 bits per heavy atom. The van der Waals surface area contributed by atoms with Crippen LogP contribution in [0.25, 0.3) is 10.9 Å². The van der Waals surface area contributed by atoms with Crippen molar-refractivity contribution >= 4 is 16.7 Å². The van der Waals surface area contributed by atoms with E-state index in [0.717, 1.165) is 24.8 Å². The Hall–Kier alpha value is -1.70. The Morgan fingerprint density at radius 2 is 1.95 bits per heavy atom. The molecule has 0 aliphatic heterocycles. The molecule has 1 aliphatic carbocycles. The monoisotopic (exact) mass is 253 g/mol. The third kappa shape index (κ3) is 2.67. The van der Waals surface area contributed by atoms with Crippen LogP contribution in [0.15, 0.2) is 36.5 Å². The zero-order valence-corrected chi connectivity index (χ0v) is 11.1. The zero-order chi connectivity index (χ0) is 13.1. The number of aryl methyl sites for hydroxylation is 1. The molecule has 98 valence electrons. The van der Waals surface area contributed by atoms with Gasteiger partial charge in [0.05, 0.1) is 5.52 Å². The van der Waals surface area contributed by atoms with Crippen LogP contribution in [-0.2, 0) is 11.2 Å². The third-order valence-electron chi connectivity index (χ3n) is 4.19. The molecular weight excluding hydrogens is 234 g/mol. The topological polar surface area (TPSA) is 30.0 Å². The smallest absolute Gasteiger partial charge is 0.136 e. The lowest BCUT2D eigenvalue weighted by molar-refractivity contribution is -0.122. The lowest BCUT2D eigenvalue weighted by atomic mass is 9.96. The first-order chi connectivity index (χ1) is 9.34. The number of carbonyl (C=O) groups excluding carboxylic acids is 1. The second-order valence-electron chi connectivity index (χ2n) is 5.43. The van der Waals surface area contributed by atoms with Gasteiger partial charge in [0.1, 0.15) is 5.78 Å². The second kappa shape index (κ2) is 5.52. The summed E-state index contributed by atoms with van der Waals surface area (Å²) >= 11 is 0. The first-order valence-electron chi connectivity index (χ1n) is 7.20. The van der Waals surface area contributed by atoms with Crippen LogP contribution in [0.3, 0.4) is 0 Å². The molecule has 2 heteroatoms. The molecule has 3 rings (SSSR count). The van der Waals surface area contributed by atoms with Gasteiger partial charge in [0.15, 0.2) is 0 Å². The average molecular weight is 253 g/mol. The Morgan fingerprint density at radius 1 is 1.16 bits per heavy atom. The molecule has 0 N–H and O–H groups in total. The van der Waals surface area contributed by atoms with Crippen LogP contribution in [0.2, 0.25) is 0 Å². The van der Waals surface area contributed by atoms with E-state index < -0.39 is 0 Å². The maximum atomic E-state index is 12.1. The minimum atomic E-state index is 0.341. The lowest BCUT2D eigenvalue weighted by Crippen LogP contribution is -2.11. The number of para-hydroxylation sites is 1. The first-order valence-corrected chi connectivity index (χ1v) is 7.20. The molecule has 1 fully saturated rings. The SMILES string of the molecule is O=C(CCc1ccnc2ccccc12)C1CCCC1. The van der Waals surface area contributed by atoms with Crippen LogP contribution in [0.1, 0.15) is 37.7 Å². The zero-order valence-electron chi connectivity index (χ0n) is 11.1. The van der Waals surface area contributed by atoms with E-state index in [1.807, 2.05) is 30.5 Å². The maximum Gasteiger partial charge on any atom is 0.136 e. The molecule has 19 heavy (non-hydrogen) atoms. The highest BCUT2D eigenvalue weighted by atomic mass is 16.1. The molecule has 1 aliphatic rings. The largest absolute Gasteiger partial charge is 0.299 e. The standard InChI is InChI=1S/C17H19NO/c19-17(14-5-1-2-6-14)10-9-13-11-12-18-16-8-4-3-7-15(13)16/h3-4,7-8,11-12,14H,1-2,5-6,9-10H2. The average Bonchev–Trinajstić information content (AvgIpc) is 2.99. The maximum absolute atomic E-state index is 12.1. The molecule has 0 radical (unpaired) electrons. The molecule has 2 nitrogen and oxygen atoms in total. The van der Waals surface area contributed by atoms with Crippen molar-refractivity contribution < 1.29 is 4.79 Å². The third-order valence-corrected chi connectivity index (χ3v) is 4.19. The van der Waals surface area contributed by atoms with E-state index in [9.17, 15) is 4.79 Å². The molecule has 1 aromatic carbocycles. The van der Waals surface area contributed by atoms with Crippen molar-refractivity contribution in [1.82, 2.24) is 4.98 Å². The fourth-order valence-electron chi connectivity index (χ4n) is 3.08. The van der Waals surface area contributed by atoms with E-state index in [1.165, 1.54) is 23.8 Å². The predicted molar refractivity (Wildman–Crippen MR) is 77.0 cm³/mol. The van der Waals surface area contributed by atoms with Crippen LogP contribution in [0.4, 0.5) is 0 Å². The highest BCUT2D eigenvalue weighted by Gasteiger charge is 2.22. The van der Waals surface area contributed by atoms with Gasteiger partial charge < -0.3 is 0 Å². The summed E-state index contributed by atoms with van der Waals surface area (Å²) in [5.41, 5.74) is 2.27. The number of carbonyl (C=O) groups is 1. The van der Waals surface area contributed by atoms with Crippen LogP contribution < -0.4 is 0 Å². The second-order valence-corrected chi connectivity index (χ2v) is 5.43. The summed E-state index contributed by atoms with van der Waals surface area (Å²) in [6, 6.07) is 10.2. The number of aromatic nitrogens is 1. The van der Waals surface area contributed by atoms with Gasteiger partial charge in [-0.05, 0) is 37.0 Å². The van der Waals surface area contributed by atoms with E-state index in [0.29, 0.717) is 18.1 Å². The number of hydrogen-bond acceptors (Lipinski definition) is 2. The van der Waals surface area contributed by atoms with Crippen LogP contribution in [-0.4, -0.2) is 10.8 Å². The van der Waals surface area contributed by atoms with Gasteiger partial charge in [0.2, 0.25) is 0 Å². The van der Waals surface area contributed by atoms with Crippen molar-refractivity contribution in [3.63, 3.8) is 0 Å². The summed E-state index contributed by atoms with van der Waals surface area (Å²) in [5, 5.41) is 1.18. The van der Waals surface area contributed by atoms with Crippen LogP contribution in [0, 0.1) is 5.92 Å². The van der Waals surface area contributed by atoms with E-state index in [2.05, 4.69) is 11.1 Å². The summed E-state index contributed by atoms with van der Waals surface area (Å²) in [6.45, 7) is 0. The molecule has 1 heterocycles. The van der Waals surface area contributed by atoms with Gasteiger partial charge in [0.25, 0.3) is 0 Å². The minimum Gasteiger partial charge on any atom is -0.299 e. The Kier molecular flexibility index (Phi) is 3.58. The van der Waals surface area contributed by atoms with Gasteiger partial charge >= 0.3 is 0 Å². The van der Waals surface area contributed by atoms with Crippen LogP contribution >= 0.6 is 0 Å². The highest BCUT2D eigenvalue weighted by Crippen LogP contribution is 2.27. The van der Waals surface area contributed by atoms with E-state index >= 15 is 0 Å². The fraction of sp³-hybridized carbons (Fsp3) is 0.412. The minimum absolute atomic E-state index is 0.341. The van der Waals surface area contributed by atoms with Crippen molar-refractivity contribution in [3.05, 3.63) is 42.1 Å². The van der Waals surface area contributed by atoms with Gasteiger partial charge in [-0.2, -0.15) is 0 Å². The van der Waals surface area contributed by atoms with Gasteiger partial charge in [0, 0.05) is 23.9 Å². The molecule has 0 unspecified atom stereocenters. The quantitative estimate of drug-likeness (QED) is 0.826. The van der Waals surface area contributed by atoms with E-state index in [-0.39, 0.29) is 0 Å². The van der Waals surface area contributed by atoms with Gasteiger partial charge in [-0.25, -0.2) is 0 Å². The Balaban J connectivity index is 1.73. The molecule has 1 saturated carbocycles. The number of benzene rings is 1.